The SMILES string of the molecule is CCN(CCCOc1ccc(N)cc1)c1ccc(C)cc1. The molecular formula is C18H24N2O. The van der Waals surface area contributed by atoms with Gasteiger partial charge in [0.2, 0.25) is 0 Å². The van der Waals surface area contributed by atoms with E-state index in [1.165, 1.54) is 11.3 Å². The molecule has 112 valence electrons. The Morgan fingerprint density at radius 2 is 1.67 bits per heavy atom. The van der Waals surface area contributed by atoms with Crippen LogP contribution in [0.25, 0.3) is 0 Å². The number of hydrogen-bond donors (Lipinski definition) is 1. The molecule has 0 aromatic heterocycles. The summed E-state index contributed by atoms with van der Waals surface area (Å²) < 4.78 is 5.73. The first-order valence-electron chi connectivity index (χ1n) is 7.49. The van der Waals surface area contributed by atoms with Crippen LogP contribution in [0, 0.1) is 6.92 Å². The lowest BCUT2D eigenvalue weighted by Crippen LogP contribution is -2.25. The maximum absolute atomic E-state index is 5.73. The fourth-order valence-electron chi connectivity index (χ4n) is 2.23. The third-order valence-electron chi connectivity index (χ3n) is 3.50. The zero-order valence-electron chi connectivity index (χ0n) is 12.9. The van der Waals surface area contributed by atoms with Gasteiger partial charge in [0, 0.05) is 24.5 Å². The van der Waals surface area contributed by atoms with E-state index in [0.717, 1.165) is 30.9 Å². The van der Waals surface area contributed by atoms with E-state index >= 15 is 0 Å². The van der Waals surface area contributed by atoms with Gasteiger partial charge in [-0.2, -0.15) is 0 Å². The van der Waals surface area contributed by atoms with E-state index < -0.39 is 0 Å². The molecule has 0 amide bonds. The van der Waals surface area contributed by atoms with E-state index in [9.17, 15) is 0 Å². The number of aryl methyl sites for hydroxylation is 1. The fourth-order valence-corrected chi connectivity index (χ4v) is 2.23. The Labute approximate surface area is 127 Å². The zero-order chi connectivity index (χ0) is 15.1. The van der Waals surface area contributed by atoms with Crippen LogP contribution >= 0.6 is 0 Å². The van der Waals surface area contributed by atoms with Crippen molar-refractivity contribution >= 4 is 11.4 Å². The molecule has 2 aromatic rings. The van der Waals surface area contributed by atoms with Gasteiger partial charge in [0.15, 0.2) is 0 Å². The van der Waals surface area contributed by atoms with Crippen LogP contribution in [0.4, 0.5) is 11.4 Å². The van der Waals surface area contributed by atoms with Crippen LogP contribution in [-0.2, 0) is 0 Å². The predicted molar refractivity (Wildman–Crippen MR) is 90.0 cm³/mol. The molecule has 3 nitrogen and oxygen atoms in total. The fraction of sp³-hybridized carbons (Fsp3) is 0.333. The van der Waals surface area contributed by atoms with Crippen molar-refractivity contribution in [1.82, 2.24) is 0 Å². The topological polar surface area (TPSA) is 38.5 Å². The average Bonchev–Trinajstić information content (AvgIpc) is 2.50. The Bertz CT molecular complexity index is 534. The maximum atomic E-state index is 5.73. The number of benzene rings is 2. The predicted octanol–water partition coefficient (Wildman–Crippen LogP) is 3.87. The number of nitrogens with two attached hydrogens (primary N) is 1. The molecule has 0 unspecified atom stereocenters. The molecule has 0 aliphatic rings. The number of hydrogen-bond acceptors (Lipinski definition) is 3. The van der Waals surface area contributed by atoms with Gasteiger partial charge in [-0.25, -0.2) is 0 Å². The van der Waals surface area contributed by atoms with Crippen LogP contribution in [0.2, 0.25) is 0 Å². The van der Waals surface area contributed by atoms with Gasteiger partial charge in [0.1, 0.15) is 5.75 Å². The van der Waals surface area contributed by atoms with Gasteiger partial charge >= 0.3 is 0 Å². The number of nitrogens with zero attached hydrogens (tertiary/aromatic N) is 1. The second kappa shape index (κ2) is 7.58. The minimum absolute atomic E-state index is 0.715. The van der Waals surface area contributed by atoms with Crippen molar-refractivity contribution in [2.24, 2.45) is 0 Å². The Hall–Kier alpha value is -2.16. The van der Waals surface area contributed by atoms with E-state index in [0.29, 0.717) is 6.61 Å². The van der Waals surface area contributed by atoms with Gasteiger partial charge < -0.3 is 15.4 Å². The molecule has 0 saturated heterocycles. The Morgan fingerprint density at radius 1 is 1.00 bits per heavy atom. The van der Waals surface area contributed by atoms with Gasteiger partial charge in [0.05, 0.1) is 6.61 Å². The van der Waals surface area contributed by atoms with Gasteiger partial charge in [0.25, 0.3) is 0 Å². The Kier molecular flexibility index (Phi) is 5.50. The van der Waals surface area contributed by atoms with E-state index in [1.54, 1.807) is 0 Å². The van der Waals surface area contributed by atoms with Crippen LogP contribution in [0.1, 0.15) is 18.9 Å². The van der Waals surface area contributed by atoms with Crippen LogP contribution < -0.4 is 15.4 Å². The summed E-state index contributed by atoms with van der Waals surface area (Å²) in [6.45, 7) is 7.01. The average molecular weight is 284 g/mol. The lowest BCUT2D eigenvalue weighted by molar-refractivity contribution is 0.312. The molecule has 0 aliphatic carbocycles. The summed E-state index contributed by atoms with van der Waals surface area (Å²) in [7, 11) is 0. The standard InChI is InChI=1S/C18H24N2O/c1-3-20(17-9-5-15(2)6-10-17)13-4-14-21-18-11-7-16(19)8-12-18/h5-12H,3-4,13-14,19H2,1-2H3. The van der Waals surface area contributed by atoms with Crippen molar-refractivity contribution in [2.75, 3.05) is 30.3 Å². The van der Waals surface area contributed by atoms with Gasteiger partial charge in [-0.1, -0.05) is 17.7 Å². The molecule has 2 N–H and O–H groups in total. The second-order valence-corrected chi connectivity index (χ2v) is 5.19. The van der Waals surface area contributed by atoms with Crippen LogP contribution in [0.3, 0.4) is 0 Å². The van der Waals surface area contributed by atoms with E-state index in [2.05, 4.69) is 43.0 Å². The van der Waals surface area contributed by atoms with Crippen LogP contribution in [0.15, 0.2) is 48.5 Å². The third-order valence-corrected chi connectivity index (χ3v) is 3.50. The molecule has 2 aromatic carbocycles. The van der Waals surface area contributed by atoms with Gasteiger partial charge in [-0.3, -0.25) is 0 Å². The minimum atomic E-state index is 0.715. The molecule has 0 spiro atoms. The first-order valence-corrected chi connectivity index (χ1v) is 7.49. The molecule has 0 bridgehead atoms. The second-order valence-electron chi connectivity index (χ2n) is 5.19. The molecule has 0 saturated carbocycles. The van der Waals surface area contributed by atoms with Crippen molar-refractivity contribution in [3.05, 3.63) is 54.1 Å². The lowest BCUT2D eigenvalue weighted by Gasteiger charge is -2.23. The number of ether oxygens (including phenoxy) is 1. The molecule has 0 heterocycles. The smallest absolute Gasteiger partial charge is 0.119 e. The Morgan fingerprint density at radius 3 is 2.29 bits per heavy atom. The molecule has 2 rings (SSSR count). The molecule has 0 radical (unpaired) electrons. The van der Waals surface area contributed by atoms with Crippen molar-refractivity contribution < 1.29 is 4.74 Å². The highest BCUT2D eigenvalue weighted by atomic mass is 16.5. The summed E-state index contributed by atoms with van der Waals surface area (Å²) in [5, 5.41) is 0. The van der Waals surface area contributed by atoms with Gasteiger partial charge in [-0.15, -0.1) is 0 Å². The molecule has 21 heavy (non-hydrogen) atoms. The molecular weight excluding hydrogens is 260 g/mol. The number of anilines is 2. The summed E-state index contributed by atoms with van der Waals surface area (Å²) in [6, 6.07) is 16.2. The van der Waals surface area contributed by atoms with Crippen molar-refractivity contribution in [2.45, 2.75) is 20.3 Å². The van der Waals surface area contributed by atoms with Crippen LogP contribution in [-0.4, -0.2) is 19.7 Å². The van der Waals surface area contributed by atoms with Crippen LogP contribution in [0.5, 0.6) is 5.75 Å². The number of rotatable bonds is 7. The van der Waals surface area contributed by atoms with Gasteiger partial charge in [-0.05, 0) is 56.7 Å². The van der Waals surface area contributed by atoms with E-state index in [1.807, 2.05) is 24.3 Å². The summed E-state index contributed by atoms with van der Waals surface area (Å²) in [4.78, 5) is 2.37. The summed E-state index contributed by atoms with van der Waals surface area (Å²) in [6.07, 6.45) is 0.992. The molecule has 3 heteroatoms. The lowest BCUT2D eigenvalue weighted by atomic mass is 10.2. The normalized spacial score (nSPS) is 10.4. The zero-order valence-corrected chi connectivity index (χ0v) is 12.9. The number of nitrogen functional groups attached to an aromatic ring is 1. The van der Waals surface area contributed by atoms with Crippen molar-refractivity contribution in [3.8, 4) is 5.75 Å². The molecule has 0 atom stereocenters. The molecule has 0 aliphatic heterocycles. The van der Waals surface area contributed by atoms with Crippen molar-refractivity contribution in [3.63, 3.8) is 0 Å². The molecule has 0 fully saturated rings. The Balaban J connectivity index is 1.78. The summed E-state index contributed by atoms with van der Waals surface area (Å²) in [5.41, 5.74) is 8.98. The largest absolute Gasteiger partial charge is 0.494 e. The maximum Gasteiger partial charge on any atom is 0.119 e. The highest BCUT2D eigenvalue weighted by Gasteiger charge is 2.03. The van der Waals surface area contributed by atoms with E-state index in [4.69, 9.17) is 10.5 Å². The third kappa shape index (κ3) is 4.71. The first-order chi connectivity index (χ1) is 10.2. The van der Waals surface area contributed by atoms with Crippen molar-refractivity contribution in [1.29, 1.82) is 0 Å². The van der Waals surface area contributed by atoms with E-state index in [-0.39, 0.29) is 0 Å². The summed E-state index contributed by atoms with van der Waals surface area (Å²) >= 11 is 0. The summed E-state index contributed by atoms with van der Waals surface area (Å²) in [5.74, 6) is 0.877. The highest BCUT2D eigenvalue weighted by Crippen LogP contribution is 2.16. The first kappa shape index (κ1) is 15.2. The quantitative estimate of drug-likeness (QED) is 0.619. The highest BCUT2D eigenvalue weighted by molar-refractivity contribution is 5.47. The minimum Gasteiger partial charge on any atom is -0.494 e. The monoisotopic (exact) mass is 284 g/mol.